The predicted octanol–water partition coefficient (Wildman–Crippen LogP) is 7.02. The van der Waals surface area contributed by atoms with Gasteiger partial charge < -0.3 is 5.11 Å². The van der Waals surface area contributed by atoms with Gasteiger partial charge in [0.25, 0.3) is 0 Å². The van der Waals surface area contributed by atoms with E-state index in [1.54, 1.807) is 18.2 Å². The summed E-state index contributed by atoms with van der Waals surface area (Å²) in [6.07, 6.45) is 0. The summed E-state index contributed by atoms with van der Waals surface area (Å²) in [4.78, 5) is 0. The molecule has 0 saturated carbocycles. The van der Waals surface area contributed by atoms with Gasteiger partial charge in [0.05, 0.1) is 5.56 Å². The van der Waals surface area contributed by atoms with Crippen LogP contribution in [0.25, 0.3) is 10.8 Å². The fourth-order valence-corrected chi connectivity index (χ4v) is 9.97. The molecule has 0 amide bonds. The van der Waals surface area contributed by atoms with Crippen LogP contribution in [0.5, 0.6) is 5.75 Å². The van der Waals surface area contributed by atoms with E-state index < -0.39 is 8.07 Å². The van der Waals surface area contributed by atoms with Gasteiger partial charge in [-0.15, -0.1) is 5.54 Å². The first-order chi connectivity index (χ1) is 11.6. The minimum atomic E-state index is -1.94. The maximum atomic E-state index is 14.6. The summed E-state index contributed by atoms with van der Waals surface area (Å²) >= 11 is 3.46. The zero-order valence-corrected chi connectivity index (χ0v) is 18.3. The van der Waals surface area contributed by atoms with Crippen molar-refractivity contribution in [3.05, 3.63) is 40.1 Å². The van der Waals surface area contributed by atoms with Crippen LogP contribution in [0.1, 0.15) is 47.1 Å². The number of hydrogen-bond donors (Lipinski definition) is 1. The summed E-state index contributed by atoms with van der Waals surface area (Å²) in [6, 6.07) is 6.34. The van der Waals surface area contributed by atoms with E-state index in [0.29, 0.717) is 26.7 Å². The highest BCUT2D eigenvalue weighted by Gasteiger charge is 2.41. The lowest BCUT2D eigenvalue weighted by molar-refractivity contribution is 0.476. The summed E-state index contributed by atoms with van der Waals surface area (Å²) in [5, 5.41) is 11.3. The number of phenolic OH excluding ortho intramolecular Hbond substituents is 1. The third-order valence-electron chi connectivity index (χ3n) is 5.27. The van der Waals surface area contributed by atoms with Crippen molar-refractivity contribution in [2.75, 3.05) is 0 Å². The maximum absolute atomic E-state index is 14.6. The van der Waals surface area contributed by atoms with Gasteiger partial charge in [-0.2, -0.15) is 0 Å². The first kappa shape index (κ1) is 20.0. The summed E-state index contributed by atoms with van der Waals surface area (Å²) in [7, 11) is -1.94. The normalized spacial score (nSPS) is 12.1. The van der Waals surface area contributed by atoms with Crippen LogP contribution < -0.4 is 0 Å². The van der Waals surface area contributed by atoms with Crippen molar-refractivity contribution >= 4 is 34.8 Å². The molecule has 2 aromatic carbocycles. The molecule has 0 aromatic heterocycles. The Morgan fingerprint density at radius 1 is 1.00 bits per heavy atom. The number of hydrogen-bond acceptors (Lipinski definition) is 1. The summed E-state index contributed by atoms with van der Waals surface area (Å²) in [5.41, 5.74) is 5.48. The minimum absolute atomic E-state index is 0.153. The van der Waals surface area contributed by atoms with Gasteiger partial charge >= 0.3 is 0 Å². The van der Waals surface area contributed by atoms with Gasteiger partial charge in [-0.1, -0.05) is 53.5 Å². The van der Waals surface area contributed by atoms with Crippen molar-refractivity contribution < 1.29 is 9.50 Å². The molecular formula is C21H26BrFOSi. The Morgan fingerprint density at radius 2 is 1.56 bits per heavy atom. The van der Waals surface area contributed by atoms with E-state index in [1.807, 2.05) is 0 Å². The molecule has 0 aliphatic carbocycles. The number of fused-ring (bicyclic) bond motifs is 1. The second-order valence-electron chi connectivity index (χ2n) is 7.60. The molecule has 0 aliphatic heterocycles. The predicted molar refractivity (Wildman–Crippen MR) is 111 cm³/mol. The van der Waals surface area contributed by atoms with E-state index in [-0.39, 0.29) is 11.6 Å². The Morgan fingerprint density at radius 3 is 2.08 bits per heavy atom. The van der Waals surface area contributed by atoms with Gasteiger partial charge in [-0.25, -0.2) is 4.39 Å². The highest BCUT2D eigenvalue weighted by molar-refractivity contribution is 9.10. The molecule has 0 aliphatic rings. The quantitative estimate of drug-likeness (QED) is 0.417. The van der Waals surface area contributed by atoms with Crippen LogP contribution in [-0.4, -0.2) is 13.2 Å². The first-order valence-electron chi connectivity index (χ1n) is 8.75. The van der Waals surface area contributed by atoms with E-state index in [1.165, 1.54) is 6.07 Å². The molecular weight excluding hydrogens is 395 g/mol. The fourth-order valence-electron chi connectivity index (χ4n) is 4.10. The minimum Gasteiger partial charge on any atom is -0.508 e. The Kier molecular flexibility index (Phi) is 6.01. The van der Waals surface area contributed by atoms with Crippen LogP contribution in [0.4, 0.5) is 4.39 Å². The molecule has 4 heteroatoms. The zero-order chi connectivity index (χ0) is 18.9. The molecule has 1 nitrogen and oxygen atoms in total. The average Bonchev–Trinajstić information content (AvgIpc) is 2.48. The molecule has 0 saturated heterocycles. The van der Waals surface area contributed by atoms with Crippen molar-refractivity contribution in [1.29, 1.82) is 0 Å². The van der Waals surface area contributed by atoms with Crippen molar-refractivity contribution in [2.24, 2.45) is 0 Å². The van der Waals surface area contributed by atoms with Gasteiger partial charge in [0.15, 0.2) is 0 Å². The van der Waals surface area contributed by atoms with Crippen LogP contribution >= 0.6 is 15.9 Å². The molecule has 134 valence electrons. The summed E-state index contributed by atoms with van der Waals surface area (Å²) in [6.45, 7) is 13.5. The van der Waals surface area contributed by atoms with Crippen LogP contribution in [0.2, 0.25) is 16.6 Å². The molecule has 0 radical (unpaired) electrons. The molecule has 0 heterocycles. The smallest absolute Gasteiger partial charge is 0.146 e. The number of halogens is 2. The number of rotatable bonds is 3. The molecule has 0 fully saturated rings. The maximum Gasteiger partial charge on any atom is 0.146 e. The van der Waals surface area contributed by atoms with Gasteiger partial charge in [-0.3, -0.25) is 0 Å². The lowest BCUT2D eigenvalue weighted by atomic mass is 10.0. The van der Waals surface area contributed by atoms with Gasteiger partial charge in [0.1, 0.15) is 19.6 Å². The number of aromatic hydroxyl groups is 1. The van der Waals surface area contributed by atoms with Crippen LogP contribution in [0, 0.1) is 17.3 Å². The van der Waals surface area contributed by atoms with E-state index in [4.69, 9.17) is 0 Å². The second kappa shape index (κ2) is 7.51. The molecule has 0 bridgehead atoms. The number of phenols is 1. The van der Waals surface area contributed by atoms with E-state index in [0.717, 1.165) is 10.8 Å². The lowest BCUT2D eigenvalue weighted by Crippen LogP contribution is -2.43. The summed E-state index contributed by atoms with van der Waals surface area (Å²) in [5.74, 6) is 3.06. The second-order valence-corrected chi connectivity index (χ2v) is 14.0. The Balaban J connectivity index is 2.77. The molecule has 0 spiro atoms. The van der Waals surface area contributed by atoms with E-state index in [9.17, 15) is 9.50 Å². The highest BCUT2D eigenvalue weighted by atomic mass is 79.9. The topological polar surface area (TPSA) is 20.2 Å². The average molecular weight is 421 g/mol. The van der Waals surface area contributed by atoms with Crippen molar-refractivity contribution in [2.45, 2.75) is 58.2 Å². The van der Waals surface area contributed by atoms with Gasteiger partial charge in [0, 0.05) is 9.86 Å². The fraction of sp³-hybridized carbons (Fsp3) is 0.429. The first-order valence-corrected chi connectivity index (χ1v) is 11.8. The molecule has 25 heavy (non-hydrogen) atoms. The largest absolute Gasteiger partial charge is 0.508 e. The molecule has 0 unspecified atom stereocenters. The third kappa shape index (κ3) is 3.63. The molecule has 2 aromatic rings. The van der Waals surface area contributed by atoms with E-state index in [2.05, 4.69) is 68.9 Å². The lowest BCUT2D eigenvalue weighted by Gasteiger charge is -2.38. The summed E-state index contributed by atoms with van der Waals surface area (Å²) < 4.78 is 15.3. The number of benzene rings is 2. The monoisotopic (exact) mass is 420 g/mol. The van der Waals surface area contributed by atoms with Crippen LogP contribution in [-0.2, 0) is 0 Å². The van der Waals surface area contributed by atoms with Crippen molar-refractivity contribution in [3.8, 4) is 17.2 Å². The highest BCUT2D eigenvalue weighted by Crippen LogP contribution is 2.41. The molecule has 0 atom stereocenters. The standard InChI is InChI=1S/C21H26BrFOSi/c1-13(2)25(14(3)4,15(5)6)10-9-18-20(23)8-7-16-11-17(24)12-19(22)21(16)18/h7-8,11-15,24H,1-6H3. The molecule has 1 N–H and O–H groups in total. The zero-order valence-electron chi connectivity index (χ0n) is 15.7. The van der Waals surface area contributed by atoms with Crippen molar-refractivity contribution in [1.82, 2.24) is 0 Å². The van der Waals surface area contributed by atoms with E-state index >= 15 is 0 Å². The Labute approximate surface area is 159 Å². The third-order valence-corrected chi connectivity index (χ3v) is 12.2. The van der Waals surface area contributed by atoms with Crippen molar-refractivity contribution in [3.63, 3.8) is 0 Å². The Hall–Kier alpha value is -1.31. The molecule has 2 rings (SSSR count). The Bertz CT molecular complexity index is 825. The van der Waals surface area contributed by atoms with Gasteiger partial charge in [0.2, 0.25) is 0 Å². The van der Waals surface area contributed by atoms with Gasteiger partial charge in [-0.05, 0) is 56.1 Å². The SMILES string of the molecule is CC(C)[Si](C#Cc1c(F)ccc2cc(O)cc(Br)c12)(C(C)C)C(C)C. The van der Waals surface area contributed by atoms with Crippen LogP contribution in [0.3, 0.4) is 0 Å². The van der Waals surface area contributed by atoms with Crippen LogP contribution in [0.15, 0.2) is 28.7 Å².